The van der Waals surface area contributed by atoms with Crippen LogP contribution in [0.2, 0.25) is 0 Å². The van der Waals surface area contributed by atoms with Crippen molar-refractivity contribution in [3.8, 4) is 0 Å². The number of hydrogen-bond acceptors (Lipinski definition) is 2. The zero-order valence-corrected chi connectivity index (χ0v) is 12.2. The Kier molecular flexibility index (Phi) is 3.73. The molecule has 0 bridgehead atoms. The molecule has 1 N–H and O–H groups in total. The molecule has 2 aliphatic rings. The lowest BCUT2D eigenvalue weighted by Gasteiger charge is -2.26. The standard InChI is InChI=1S/C15H20BrNO/c16-14-3-1-13(2-4-14)15(7-8-15)17-11-12-5-9-18-10-6-12/h1-4,12,17H,5-11H2. The van der Waals surface area contributed by atoms with Crippen LogP contribution in [0.1, 0.15) is 31.2 Å². The molecular formula is C15H20BrNO. The van der Waals surface area contributed by atoms with Crippen LogP contribution in [0.25, 0.3) is 0 Å². The highest BCUT2D eigenvalue weighted by molar-refractivity contribution is 9.10. The molecule has 2 fully saturated rings. The first-order chi connectivity index (χ1) is 8.78. The fraction of sp³-hybridized carbons (Fsp3) is 0.600. The van der Waals surface area contributed by atoms with E-state index in [0.29, 0.717) is 0 Å². The highest BCUT2D eigenvalue weighted by Gasteiger charge is 2.43. The van der Waals surface area contributed by atoms with Gasteiger partial charge in [-0.3, -0.25) is 0 Å². The van der Waals surface area contributed by atoms with Crippen LogP contribution in [0.3, 0.4) is 0 Å². The smallest absolute Gasteiger partial charge is 0.0469 e. The van der Waals surface area contributed by atoms with Crippen LogP contribution in [0.4, 0.5) is 0 Å². The summed E-state index contributed by atoms with van der Waals surface area (Å²) in [5.74, 6) is 0.798. The van der Waals surface area contributed by atoms with E-state index in [2.05, 4.69) is 45.5 Å². The lowest BCUT2D eigenvalue weighted by atomic mass is 9.98. The maximum absolute atomic E-state index is 5.41. The van der Waals surface area contributed by atoms with Crippen LogP contribution >= 0.6 is 15.9 Å². The van der Waals surface area contributed by atoms with E-state index in [-0.39, 0.29) is 5.54 Å². The summed E-state index contributed by atoms with van der Waals surface area (Å²) in [6.45, 7) is 3.02. The van der Waals surface area contributed by atoms with Gasteiger partial charge in [0.25, 0.3) is 0 Å². The quantitative estimate of drug-likeness (QED) is 0.919. The molecule has 0 atom stereocenters. The van der Waals surface area contributed by atoms with E-state index in [1.165, 1.54) is 31.2 Å². The van der Waals surface area contributed by atoms with Crippen molar-refractivity contribution in [3.05, 3.63) is 34.3 Å². The van der Waals surface area contributed by atoms with Crippen molar-refractivity contribution in [2.24, 2.45) is 5.92 Å². The molecule has 18 heavy (non-hydrogen) atoms. The molecule has 1 aromatic carbocycles. The lowest BCUT2D eigenvalue weighted by Crippen LogP contribution is -2.35. The molecule has 1 aromatic rings. The minimum Gasteiger partial charge on any atom is -0.381 e. The molecule has 3 heteroatoms. The third-order valence-corrected chi connectivity index (χ3v) is 4.75. The van der Waals surface area contributed by atoms with Gasteiger partial charge in [0.2, 0.25) is 0 Å². The Balaban J connectivity index is 1.59. The van der Waals surface area contributed by atoms with Crippen LogP contribution < -0.4 is 5.32 Å². The van der Waals surface area contributed by atoms with Crippen molar-refractivity contribution in [2.75, 3.05) is 19.8 Å². The number of nitrogens with one attached hydrogen (secondary N) is 1. The maximum atomic E-state index is 5.41. The average Bonchev–Trinajstić information content (AvgIpc) is 3.20. The van der Waals surface area contributed by atoms with E-state index in [9.17, 15) is 0 Å². The molecule has 3 rings (SSSR count). The van der Waals surface area contributed by atoms with Gasteiger partial charge >= 0.3 is 0 Å². The summed E-state index contributed by atoms with van der Waals surface area (Å²) < 4.78 is 6.57. The average molecular weight is 310 g/mol. The molecule has 0 amide bonds. The van der Waals surface area contributed by atoms with Crippen molar-refractivity contribution >= 4 is 15.9 Å². The lowest BCUT2D eigenvalue weighted by molar-refractivity contribution is 0.0651. The zero-order valence-electron chi connectivity index (χ0n) is 10.6. The second-order valence-electron chi connectivity index (χ2n) is 5.53. The Labute approximate surface area is 117 Å². The highest BCUT2D eigenvalue weighted by Crippen LogP contribution is 2.45. The Hall–Kier alpha value is -0.380. The summed E-state index contributed by atoms with van der Waals surface area (Å²) >= 11 is 3.50. The van der Waals surface area contributed by atoms with Gasteiger partial charge in [-0.1, -0.05) is 28.1 Å². The van der Waals surface area contributed by atoms with E-state index in [4.69, 9.17) is 4.74 Å². The zero-order chi connectivity index (χ0) is 12.4. The van der Waals surface area contributed by atoms with Crippen LogP contribution in [-0.4, -0.2) is 19.8 Å². The molecule has 0 radical (unpaired) electrons. The Bertz CT molecular complexity index is 393. The second-order valence-corrected chi connectivity index (χ2v) is 6.44. The molecule has 1 saturated carbocycles. The van der Waals surface area contributed by atoms with Crippen molar-refractivity contribution in [2.45, 2.75) is 31.2 Å². The topological polar surface area (TPSA) is 21.3 Å². The number of halogens is 1. The number of hydrogen-bond donors (Lipinski definition) is 1. The van der Waals surface area contributed by atoms with Crippen LogP contribution in [0.15, 0.2) is 28.7 Å². The van der Waals surface area contributed by atoms with Crippen LogP contribution in [0.5, 0.6) is 0 Å². The van der Waals surface area contributed by atoms with E-state index >= 15 is 0 Å². The van der Waals surface area contributed by atoms with Crippen molar-refractivity contribution in [3.63, 3.8) is 0 Å². The van der Waals surface area contributed by atoms with Crippen molar-refractivity contribution in [1.29, 1.82) is 0 Å². The van der Waals surface area contributed by atoms with Gasteiger partial charge in [-0.15, -0.1) is 0 Å². The molecule has 1 heterocycles. The van der Waals surface area contributed by atoms with Gasteiger partial charge in [-0.2, -0.15) is 0 Å². The predicted octanol–water partition coefficient (Wildman–Crippen LogP) is 3.45. The molecule has 1 aliphatic carbocycles. The largest absolute Gasteiger partial charge is 0.381 e. The SMILES string of the molecule is Brc1ccc(C2(NCC3CCOCC3)CC2)cc1. The van der Waals surface area contributed by atoms with Crippen LogP contribution in [0, 0.1) is 5.92 Å². The minimum atomic E-state index is 0.277. The summed E-state index contributed by atoms with van der Waals surface area (Å²) in [5.41, 5.74) is 1.72. The summed E-state index contributed by atoms with van der Waals surface area (Å²) in [6.07, 6.45) is 4.97. The molecule has 2 nitrogen and oxygen atoms in total. The fourth-order valence-electron chi connectivity index (χ4n) is 2.75. The number of benzene rings is 1. The van der Waals surface area contributed by atoms with Gasteiger partial charge in [-0.25, -0.2) is 0 Å². The number of rotatable bonds is 4. The molecule has 0 spiro atoms. The van der Waals surface area contributed by atoms with Crippen LogP contribution in [-0.2, 0) is 10.3 Å². The van der Waals surface area contributed by atoms with E-state index in [1.807, 2.05) is 0 Å². The first-order valence-corrected chi connectivity index (χ1v) is 7.67. The van der Waals surface area contributed by atoms with Crippen molar-refractivity contribution < 1.29 is 4.74 Å². The maximum Gasteiger partial charge on any atom is 0.0469 e. The minimum absolute atomic E-state index is 0.277. The molecule has 1 aliphatic heterocycles. The molecule has 98 valence electrons. The van der Waals surface area contributed by atoms with E-state index < -0.39 is 0 Å². The first kappa shape index (κ1) is 12.6. The normalized spacial score (nSPS) is 22.9. The molecular weight excluding hydrogens is 290 g/mol. The number of ether oxygens (including phenoxy) is 1. The summed E-state index contributed by atoms with van der Waals surface area (Å²) in [7, 11) is 0. The summed E-state index contributed by atoms with van der Waals surface area (Å²) in [6, 6.07) is 8.78. The third-order valence-electron chi connectivity index (χ3n) is 4.22. The molecule has 1 saturated heterocycles. The molecule has 0 aromatic heterocycles. The van der Waals surface area contributed by atoms with Gasteiger partial charge in [0.15, 0.2) is 0 Å². The predicted molar refractivity (Wildman–Crippen MR) is 76.6 cm³/mol. The highest BCUT2D eigenvalue weighted by atomic mass is 79.9. The fourth-order valence-corrected chi connectivity index (χ4v) is 3.02. The van der Waals surface area contributed by atoms with Gasteiger partial charge < -0.3 is 10.1 Å². The first-order valence-electron chi connectivity index (χ1n) is 6.87. The third kappa shape index (κ3) is 2.79. The molecule has 0 unspecified atom stereocenters. The van der Waals surface area contributed by atoms with Gasteiger partial charge in [0, 0.05) is 23.2 Å². The Morgan fingerprint density at radius 2 is 1.83 bits per heavy atom. The van der Waals surface area contributed by atoms with Crippen molar-refractivity contribution in [1.82, 2.24) is 5.32 Å². The summed E-state index contributed by atoms with van der Waals surface area (Å²) in [5, 5.41) is 3.80. The Morgan fingerprint density at radius 1 is 1.17 bits per heavy atom. The monoisotopic (exact) mass is 309 g/mol. The second kappa shape index (κ2) is 5.32. The van der Waals surface area contributed by atoms with Gasteiger partial charge in [-0.05, 0) is 55.8 Å². The van der Waals surface area contributed by atoms with Gasteiger partial charge in [0.05, 0.1) is 0 Å². The van der Waals surface area contributed by atoms with E-state index in [1.54, 1.807) is 0 Å². The summed E-state index contributed by atoms with van der Waals surface area (Å²) in [4.78, 5) is 0. The van der Waals surface area contributed by atoms with E-state index in [0.717, 1.165) is 30.1 Å². The Morgan fingerprint density at radius 3 is 2.44 bits per heavy atom. The van der Waals surface area contributed by atoms with Gasteiger partial charge in [0.1, 0.15) is 0 Å².